The number of fused-ring (bicyclic) bond motifs is 1. The van der Waals surface area contributed by atoms with Gasteiger partial charge in [0.05, 0.1) is 5.69 Å². The second-order valence-corrected chi connectivity index (χ2v) is 4.34. The van der Waals surface area contributed by atoms with Gasteiger partial charge in [-0.25, -0.2) is 5.10 Å². The van der Waals surface area contributed by atoms with Gasteiger partial charge in [-0.1, -0.05) is 0 Å². The minimum atomic E-state index is -0.271. The van der Waals surface area contributed by atoms with Gasteiger partial charge < -0.3 is 5.32 Å². The minimum absolute atomic E-state index is 0.0921. The summed E-state index contributed by atoms with van der Waals surface area (Å²) >= 11 is 5.39. The van der Waals surface area contributed by atoms with Gasteiger partial charge in [-0.2, -0.15) is 5.10 Å². The molecule has 0 bridgehead atoms. The van der Waals surface area contributed by atoms with E-state index >= 15 is 0 Å². The fraction of sp³-hybridized carbons (Fsp3) is 0.545. The van der Waals surface area contributed by atoms with Crippen LogP contribution in [0.25, 0.3) is 0 Å². The molecule has 0 saturated heterocycles. The van der Waals surface area contributed by atoms with Crippen LogP contribution in [0.5, 0.6) is 0 Å². The highest BCUT2D eigenvalue weighted by Crippen LogP contribution is 2.19. The van der Waals surface area contributed by atoms with E-state index in [4.69, 9.17) is 11.6 Å². The molecule has 5 nitrogen and oxygen atoms in total. The first kappa shape index (κ1) is 12.1. The fourth-order valence-corrected chi connectivity index (χ4v) is 2.18. The van der Waals surface area contributed by atoms with E-state index in [1.54, 1.807) is 0 Å². The van der Waals surface area contributed by atoms with E-state index in [1.807, 2.05) is 0 Å². The first-order valence-electron chi connectivity index (χ1n) is 5.64. The summed E-state index contributed by atoms with van der Waals surface area (Å²) in [6.45, 7) is 0.228. The predicted molar refractivity (Wildman–Crippen MR) is 64.1 cm³/mol. The SMILES string of the molecule is O=C(CCl)NCc1c2c(n[nH]c1=O)CCCC2. The molecule has 0 aliphatic heterocycles. The van der Waals surface area contributed by atoms with Crippen molar-refractivity contribution in [3.8, 4) is 0 Å². The number of carbonyl (C=O) groups is 1. The number of amides is 1. The van der Waals surface area contributed by atoms with Crippen molar-refractivity contribution in [1.29, 1.82) is 0 Å². The molecule has 0 radical (unpaired) electrons. The Morgan fingerprint density at radius 3 is 2.94 bits per heavy atom. The third-order valence-corrected chi connectivity index (χ3v) is 3.20. The highest BCUT2D eigenvalue weighted by Gasteiger charge is 2.17. The summed E-state index contributed by atoms with van der Waals surface area (Å²) in [7, 11) is 0. The summed E-state index contributed by atoms with van der Waals surface area (Å²) in [5, 5.41) is 9.15. The Kier molecular flexibility index (Phi) is 3.78. The molecule has 2 N–H and O–H groups in total. The molecule has 0 unspecified atom stereocenters. The molecule has 1 aliphatic carbocycles. The molecule has 2 rings (SSSR count). The normalized spacial score (nSPS) is 14.2. The maximum atomic E-state index is 11.7. The molecule has 1 amide bonds. The average molecular weight is 256 g/mol. The summed E-state index contributed by atoms with van der Waals surface area (Å²) in [6.07, 6.45) is 3.91. The molecule has 92 valence electrons. The van der Waals surface area contributed by atoms with Crippen LogP contribution in [0.2, 0.25) is 0 Å². The van der Waals surface area contributed by atoms with Crippen LogP contribution in [0, 0.1) is 0 Å². The van der Waals surface area contributed by atoms with E-state index in [-0.39, 0.29) is 23.9 Å². The number of carbonyl (C=O) groups excluding carboxylic acids is 1. The first-order chi connectivity index (χ1) is 8.22. The van der Waals surface area contributed by atoms with Crippen molar-refractivity contribution in [2.24, 2.45) is 0 Å². The van der Waals surface area contributed by atoms with E-state index in [0.29, 0.717) is 5.56 Å². The van der Waals surface area contributed by atoms with Crippen molar-refractivity contribution in [3.63, 3.8) is 0 Å². The van der Waals surface area contributed by atoms with E-state index in [0.717, 1.165) is 36.9 Å². The van der Waals surface area contributed by atoms with Gasteiger partial charge in [0.25, 0.3) is 5.56 Å². The molecule has 1 aromatic rings. The van der Waals surface area contributed by atoms with E-state index < -0.39 is 0 Å². The van der Waals surface area contributed by atoms with Gasteiger partial charge in [-0.05, 0) is 31.2 Å². The summed E-state index contributed by atoms with van der Waals surface area (Å²) < 4.78 is 0. The molecule has 1 aliphatic rings. The molecule has 0 fully saturated rings. The van der Waals surface area contributed by atoms with Gasteiger partial charge in [0.1, 0.15) is 5.88 Å². The van der Waals surface area contributed by atoms with Crippen LogP contribution < -0.4 is 10.9 Å². The number of nitrogens with one attached hydrogen (secondary N) is 2. The highest BCUT2D eigenvalue weighted by atomic mass is 35.5. The third kappa shape index (κ3) is 2.66. The molecular weight excluding hydrogens is 242 g/mol. The lowest BCUT2D eigenvalue weighted by molar-refractivity contribution is -0.118. The van der Waals surface area contributed by atoms with E-state index in [9.17, 15) is 9.59 Å². The van der Waals surface area contributed by atoms with Crippen molar-refractivity contribution < 1.29 is 4.79 Å². The molecule has 17 heavy (non-hydrogen) atoms. The Morgan fingerprint density at radius 1 is 1.41 bits per heavy atom. The van der Waals surface area contributed by atoms with Crippen LogP contribution in [0.4, 0.5) is 0 Å². The third-order valence-electron chi connectivity index (χ3n) is 2.95. The Labute approximate surface area is 104 Å². The summed E-state index contributed by atoms with van der Waals surface area (Å²) in [5.41, 5.74) is 2.34. The molecule has 0 atom stereocenters. The van der Waals surface area contributed by atoms with Crippen LogP contribution in [0.1, 0.15) is 29.7 Å². The lowest BCUT2D eigenvalue weighted by Crippen LogP contribution is -2.30. The Bertz CT molecular complexity index is 484. The molecule has 6 heteroatoms. The number of alkyl halides is 1. The van der Waals surface area contributed by atoms with Crippen LogP contribution in [0.15, 0.2) is 4.79 Å². The standard InChI is InChI=1S/C11H14ClN3O2/c12-5-10(16)13-6-8-7-3-1-2-4-9(7)14-15-11(8)17/h1-6H2,(H,13,16)(H,15,17). The Balaban J connectivity index is 2.25. The zero-order valence-corrected chi connectivity index (χ0v) is 10.1. The maximum absolute atomic E-state index is 11.7. The second kappa shape index (κ2) is 5.31. The van der Waals surface area contributed by atoms with Crippen molar-refractivity contribution in [3.05, 3.63) is 27.2 Å². The topological polar surface area (TPSA) is 74.8 Å². The smallest absolute Gasteiger partial charge is 0.269 e. The number of halogens is 1. The molecule has 1 heterocycles. The van der Waals surface area contributed by atoms with Crippen LogP contribution in [-0.4, -0.2) is 22.0 Å². The highest BCUT2D eigenvalue weighted by molar-refractivity contribution is 6.27. The number of H-pyrrole nitrogens is 1. The molecular formula is C11H14ClN3O2. The lowest BCUT2D eigenvalue weighted by atomic mass is 9.93. The summed E-state index contributed by atoms with van der Waals surface area (Å²) in [5.74, 6) is -0.363. The quantitative estimate of drug-likeness (QED) is 0.773. The van der Waals surface area contributed by atoms with Gasteiger partial charge in [-0.3, -0.25) is 9.59 Å². The molecule has 0 aromatic carbocycles. The predicted octanol–water partition coefficient (Wildman–Crippen LogP) is 0.504. The van der Waals surface area contributed by atoms with Crippen LogP contribution >= 0.6 is 11.6 Å². The molecule has 0 spiro atoms. The van der Waals surface area contributed by atoms with Crippen molar-refractivity contribution in [1.82, 2.24) is 15.5 Å². The summed E-state index contributed by atoms with van der Waals surface area (Å²) in [4.78, 5) is 22.8. The van der Waals surface area contributed by atoms with Crippen molar-refractivity contribution in [2.45, 2.75) is 32.2 Å². The first-order valence-corrected chi connectivity index (χ1v) is 6.18. The van der Waals surface area contributed by atoms with Crippen LogP contribution in [0.3, 0.4) is 0 Å². The van der Waals surface area contributed by atoms with Crippen molar-refractivity contribution in [2.75, 3.05) is 5.88 Å². The molecule has 1 aromatic heterocycles. The fourth-order valence-electron chi connectivity index (χ4n) is 2.08. The number of hydrogen-bond acceptors (Lipinski definition) is 3. The van der Waals surface area contributed by atoms with Crippen LogP contribution in [-0.2, 0) is 24.2 Å². The average Bonchev–Trinajstić information content (AvgIpc) is 2.37. The Hall–Kier alpha value is -1.36. The van der Waals surface area contributed by atoms with Gasteiger partial charge in [0, 0.05) is 12.1 Å². The summed E-state index contributed by atoms with van der Waals surface area (Å²) in [6, 6.07) is 0. The lowest BCUT2D eigenvalue weighted by Gasteiger charge is -2.17. The number of aromatic nitrogens is 2. The van der Waals surface area contributed by atoms with Gasteiger partial charge in [-0.15, -0.1) is 11.6 Å². The van der Waals surface area contributed by atoms with Crippen molar-refractivity contribution >= 4 is 17.5 Å². The Morgan fingerprint density at radius 2 is 2.18 bits per heavy atom. The van der Waals surface area contributed by atoms with Gasteiger partial charge in [0.15, 0.2) is 0 Å². The maximum Gasteiger partial charge on any atom is 0.269 e. The molecule has 0 saturated carbocycles. The number of rotatable bonds is 3. The van der Waals surface area contributed by atoms with Gasteiger partial charge >= 0.3 is 0 Å². The zero-order valence-electron chi connectivity index (χ0n) is 9.38. The number of aromatic amines is 1. The zero-order chi connectivity index (χ0) is 12.3. The second-order valence-electron chi connectivity index (χ2n) is 4.07. The number of aryl methyl sites for hydroxylation is 1. The van der Waals surface area contributed by atoms with E-state index in [2.05, 4.69) is 15.5 Å². The minimum Gasteiger partial charge on any atom is -0.351 e. The monoisotopic (exact) mass is 255 g/mol. The van der Waals surface area contributed by atoms with Gasteiger partial charge in [0.2, 0.25) is 5.91 Å². The van der Waals surface area contributed by atoms with E-state index in [1.165, 1.54) is 0 Å². The largest absolute Gasteiger partial charge is 0.351 e. The number of nitrogens with zero attached hydrogens (tertiary/aromatic N) is 1. The number of hydrogen-bond donors (Lipinski definition) is 2.